The first kappa shape index (κ1) is 21.8. The summed E-state index contributed by atoms with van der Waals surface area (Å²) in [6, 6.07) is 12.2. The Labute approximate surface area is 178 Å². The molecule has 2 aromatic carbocycles. The maximum absolute atomic E-state index is 12.9. The van der Waals surface area contributed by atoms with Crippen molar-refractivity contribution in [2.75, 3.05) is 13.1 Å². The van der Waals surface area contributed by atoms with E-state index in [1.165, 1.54) is 22.0 Å². The number of aryl methyl sites for hydroxylation is 2. The second-order valence-corrected chi connectivity index (χ2v) is 10.1. The Morgan fingerprint density at radius 2 is 1.86 bits per heavy atom. The van der Waals surface area contributed by atoms with E-state index in [2.05, 4.69) is 11.4 Å². The lowest BCUT2D eigenvalue weighted by Gasteiger charge is -2.32. The van der Waals surface area contributed by atoms with Gasteiger partial charge in [0, 0.05) is 18.1 Å². The van der Waals surface area contributed by atoms with Crippen LogP contribution in [0.5, 0.6) is 0 Å². The molecule has 0 aromatic heterocycles. The Morgan fingerprint density at radius 3 is 2.52 bits per heavy atom. The Kier molecular flexibility index (Phi) is 6.66. The molecule has 0 bridgehead atoms. The third-order valence-electron chi connectivity index (χ3n) is 5.46. The molecule has 0 saturated carbocycles. The van der Waals surface area contributed by atoms with Gasteiger partial charge in [0.25, 0.3) is 0 Å². The van der Waals surface area contributed by atoms with Crippen LogP contribution in [-0.4, -0.2) is 31.7 Å². The fourth-order valence-electron chi connectivity index (χ4n) is 3.85. The largest absolute Gasteiger partial charge is 0.349 e. The van der Waals surface area contributed by atoms with Crippen LogP contribution in [0.15, 0.2) is 47.4 Å². The maximum Gasteiger partial charge on any atom is 0.243 e. The monoisotopic (exact) mass is 434 g/mol. The molecule has 1 aliphatic heterocycles. The van der Waals surface area contributed by atoms with Gasteiger partial charge in [-0.25, -0.2) is 8.42 Å². The normalized spacial score (nSPS) is 19.0. The second kappa shape index (κ2) is 8.86. The molecule has 1 N–H and O–H groups in total. The summed E-state index contributed by atoms with van der Waals surface area (Å²) in [5.74, 6) is -0.465. The number of carbonyl (C=O) groups is 1. The zero-order valence-electron chi connectivity index (χ0n) is 17.0. The summed E-state index contributed by atoms with van der Waals surface area (Å²) in [5.41, 5.74) is 3.39. The number of sulfonamides is 1. The zero-order valence-corrected chi connectivity index (χ0v) is 18.6. The summed E-state index contributed by atoms with van der Waals surface area (Å²) in [5, 5.41) is 3.55. The van der Waals surface area contributed by atoms with E-state index in [4.69, 9.17) is 11.6 Å². The van der Waals surface area contributed by atoms with E-state index in [0.29, 0.717) is 24.4 Å². The zero-order chi connectivity index (χ0) is 21.2. The van der Waals surface area contributed by atoms with Crippen molar-refractivity contribution >= 4 is 27.5 Å². The molecular formula is C22H27ClN2O3S. The van der Waals surface area contributed by atoms with Gasteiger partial charge in [-0.1, -0.05) is 35.4 Å². The lowest BCUT2D eigenvalue weighted by Crippen LogP contribution is -2.45. The Bertz CT molecular complexity index is 990. The van der Waals surface area contributed by atoms with Gasteiger partial charge in [0.05, 0.1) is 16.9 Å². The van der Waals surface area contributed by atoms with Gasteiger partial charge >= 0.3 is 0 Å². The molecule has 0 radical (unpaired) electrons. The van der Waals surface area contributed by atoms with Gasteiger partial charge < -0.3 is 5.32 Å². The van der Waals surface area contributed by atoms with E-state index in [9.17, 15) is 13.2 Å². The predicted octanol–water partition coefficient (Wildman–Crippen LogP) is 4.23. The van der Waals surface area contributed by atoms with Crippen molar-refractivity contribution in [3.8, 4) is 0 Å². The molecule has 1 fully saturated rings. The van der Waals surface area contributed by atoms with Crippen molar-refractivity contribution in [1.82, 2.24) is 9.62 Å². The van der Waals surface area contributed by atoms with Gasteiger partial charge in [0.1, 0.15) is 0 Å². The van der Waals surface area contributed by atoms with Crippen molar-refractivity contribution in [1.29, 1.82) is 0 Å². The van der Waals surface area contributed by atoms with Crippen LogP contribution < -0.4 is 5.32 Å². The highest BCUT2D eigenvalue weighted by Gasteiger charge is 2.33. The number of benzene rings is 2. The highest BCUT2D eigenvalue weighted by Crippen LogP contribution is 2.26. The van der Waals surface area contributed by atoms with Crippen LogP contribution >= 0.6 is 11.6 Å². The fourth-order valence-corrected chi connectivity index (χ4v) is 5.50. The van der Waals surface area contributed by atoms with Crippen LogP contribution in [0, 0.1) is 19.8 Å². The molecule has 0 spiro atoms. The number of nitrogens with one attached hydrogen (secondary N) is 1. The lowest BCUT2D eigenvalue weighted by atomic mass is 9.96. The highest BCUT2D eigenvalue weighted by atomic mass is 35.5. The van der Waals surface area contributed by atoms with Crippen molar-refractivity contribution < 1.29 is 13.2 Å². The minimum atomic E-state index is -3.64. The third-order valence-corrected chi connectivity index (χ3v) is 7.59. The molecule has 3 rings (SSSR count). The quantitative estimate of drug-likeness (QED) is 0.765. The number of halogens is 1. The average Bonchev–Trinajstić information content (AvgIpc) is 2.68. The molecule has 156 valence electrons. The van der Waals surface area contributed by atoms with E-state index in [1.54, 1.807) is 12.1 Å². The molecule has 29 heavy (non-hydrogen) atoms. The number of piperidine rings is 1. The molecule has 1 heterocycles. The Balaban J connectivity index is 1.69. The highest BCUT2D eigenvalue weighted by molar-refractivity contribution is 7.89. The first-order valence-corrected chi connectivity index (χ1v) is 11.6. The van der Waals surface area contributed by atoms with Crippen molar-refractivity contribution in [2.24, 2.45) is 5.92 Å². The number of rotatable bonds is 5. The van der Waals surface area contributed by atoms with Crippen molar-refractivity contribution in [2.45, 2.75) is 44.6 Å². The molecule has 1 saturated heterocycles. The summed E-state index contributed by atoms with van der Waals surface area (Å²) in [4.78, 5) is 13.1. The minimum absolute atomic E-state index is 0.103. The standard InChI is InChI=1S/C22H27ClN2O3S/c1-15-6-11-21(16(2)13-15)17(3)24-22(26)18-5-4-12-25(14-18)29(27,28)20-9-7-19(23)8-10-20/h6-11,13,17-18H,4-5,12,14H2,1-3H3,(H,24,26)/t17-,18+/m1/s1. The molecular weight excluding hydrogens is 408 g/mol. The summed E-state index contributed by atoms with van der Waals surface area (Å²) >= 11 is 5.87. The van der Waals surface area contributed by atoms with E-state index < -0.39 is 10.0 Å². The van der Waals surface area contributed by atoms with E-state index in [-0.39, 0.29) is 29.3 Å². The van der Waals surface area contributed by atoms with E-state index in [1.807, 2.05) is 32.9 Å². The molecule has 0 unspecified atom stereocenters. The van der Waals surface area contributed by atoms with Gasteiger partial charge in [-0.05, 0) is 69.0 Å². The van der Waals surface area contributed by atoms with Gasteiger partial charge in [-0.3, -0.25) is 4.79 Å². The summed E-state index contributed by atoms with van der Waals surface area (Å²) < 4.78 is 27.3. The van der Waals surface area contributed by atoms with Crippen LogP contribution in [0.2, 0.25) is 5.02 Å². The third kappa shape index (κ3) is 5.00. The molecule has 7 heteroatoms. The molecule has 2 atom stereocenters. The Hall–Kier alpha value is -1.89. The molecule has 0 aliphatic carbocycles. The number of nitrogens with zero attached hydrogens (tertiary/aromatic N) is 1. The van der Waals surface area contributed by atoms with Crippen molar-refractivity contribution in [3.63, 3.8) is 0 Å². The van der Waals surface area contributed by atoms with E-state index in [0.717, 1.165) is 11.1 Å². The van der Waals surface area contributed by atoms with Crippen molar-refractivity contribution in [3.05, 3.63) is 64.2 Å². The Morgan fingerprint density at radius 1 is 1.17 bits per heavy atom. The van der Waals surface area contributed by atoms with Crippen LogP contribution in [0.25, 0.3) is 0 Å². The first-order chi connectivity index (χ1) is 13.7. The van der Waals surface area contributed by atoms with Crippen LogP contribution in [-0.2, 0) is 14.8 Å². The maximum atomic E-state index is 12.9. The van der Waals surface area contributed by atoms with Gasteiger partial charge in [-0.2, -0.15) is 4.31 Å². The summed E-state index contributed by atoms with van der Waals surface area (Å²) in [6.07, 6.45) is 1.33. The molecule has 5 nitrogen and oxygen atoms in total. The summed E-state index contributed by atoms with van der Waals surface area (Å²) in [6.45, 7) is 6.64. The number of hydrogen-bond donors (Lipinski definition) is 1. The van der Waals surface area contributed by atoms with Gasteiger partial charge in [0.2, 0.25) is 15.9 Å². The number of hydrogen-bond acceptors (Lipinski definition) is 3. The first-order valence-electron chi connectivity index (χ1n) is 9.81. The smallest absolute Gasteiger partial charge is 0.243 e. The van der Waals surface area contributed by atoms with Crippen LogP contribution in [0.4, 0.5) is 0 Å². The summed E-state index contributed by atoms with van der Waals surface area (Å²) in [7, 11) is -3.64. The fraction of sp³-hybridized carbons (Fsp3) is 0.409. The van der Waals surface area contributed by atoms with Crippen LogP contribution in [0.1, 0.15) is 42.5 Å². The topological polar surface area (TPSA) is 66.5 Å². The van der Waals surface area contributed by atoms with Crippen LogP contribution in [0.3, 0.4) is 0 Å². The lowest BCUT2D eigenvalue weighted by molar-refractivity contribution is -0.126. The molecule has 1 amide bonds. The molecule has 2 aromatic rings. The van der Waals surface area contributed by atoms with Gasteiger partial charge in [-0.15, -0.1) is 0 Å². The molecule has 1 aliphatic rings. The number of carbonyl (C=O) groups excluding carboxylic acids is 1. The number of amides is 1. The minimum Gasteiger partial charge on any atom is -0.349 e. The SMILES string of the molecule is Cc1ccc([C@@H](C)NC(=O)[C@H]2CCCN(S(=O)(=O)c3ccc(Cl)cc3)C2)c(C)c1. The predicted molar refractivity (Wildman–Crippen MR) is 115 cm³/mol. The average molecular weight is 435 g/mol. The second-order valence-electron chi connectivity index (χ2n) is 7.75. The van der Waals surface area contributed by atoms with E-state index >= 15 is 0 Å². The van der Waals surface area contributed by atoms with Gasteiger partial charge in [0.15, 0.2) is 0 Å².